The van der Waals surface area contributed by atoms with Crippen molar-refractivity contribution < 1.29 is 4.79 Å². The molecule has 0 spiro atoms. The molecule has 11 heteroatoms. The first-order chi connectivity index (χ1) is 14.1. The third-order valence-electron chi connectivity index (χ3n) is 3.77. The molecule has 4 rings (SSSR count). The zero-order valence-corrected chi connectivity index (χ0v) is 18.8. The summed E-state index contributed by atoms with van der Waals surface area (Å²) in [6, 6.07) is 5.36. The molecule has 0 bridgehead atoms. The van der Waals surface area contributed by atoms with Crippen molar-refractivity contribution >= 4 is 50.8 Å². The lowest BCUT2D eigenvalue weighted by molar-refractivity contribution is 0.226. The van der Waals surface area contributed by atoms with Crippen molar-refractivity contribution in [2.24, 2.45) is 0 Å². The van der Waals surface area contributed by atoms with Crippen LogP contribution in [0.1, 0.15) is 12.8 Å². The molecule has 0 aromatic carbocycles. The number of rotatable bonds is 5. The van der Waals surface area contributed by atoms with E-state index < -0.39 is 0 Å². The summed E-state index contributed by atoms with van der Waals surface area (Å²) in [5.74, 6) is 1.31. The molecule has 2 aromatic heterocycles. The number of nitrogens with zero attached hydrogens (tertiary/aromatic N) is 4. The summed E-state index contributed by atoms with van der Waals surface area (Å²) in [5.41, 5.74) is 5.86. The SMILES string of the molecule is ClCCCBr.O=C1NNC2C=CC=CN12.O=c1n(CCCCl)nc2ccccn12. The van der Waals surface area contributed by atoms with E-state index in [1.54, 1.807) is 23.4 Å². The minimum atomic E-state index is -0.106. The van der Waals surface area contributed by atoms with Gasteiger partial charge in [0.1, 0.15) is 6.17 Å². The monoisotopic (exact) mass is 504 g/mol. The van der Waals surface area contributed by atoms with Crippen LogP contribution in [0.3, 0.4) is 0 Å². The minimum absolute atomic E-state index is 0.00231. The van der Waals surface area contributed by atoms with Crippen LogP contribution in [0.2, 0.25) is 0 Å². The van der Waals surface area contributed by atoms with Gasteiger partial charge < -0.3 is 0 Å². The normalized spacial score (nSPS) is 16.6. The molecule has 1 unspecified atom stereocenters. The topological polar surface area (TPSA) is 83.7 Å². The summed E-state index contributed by atoms with van der Waals surface area (Å²) in [7, 11) is 0. The van der Waals surface area contributed by atoms with Crippen molar-refractivity contribution in [3.8, 4) is 0 Å². The average Bonchev–Trinajstić information content (AvgIpc) is 3.29. The van der Waals surface area contributed by atoms with Gasteiger partial charge in [0.25, 0.3) is 0 Å². The summed E-state index contributed by atoms with van der Waals surface area (Å²) >= 11 is 14.0. The summed E-state index contributed by atoms with van der Waals surface area (Å²) in [6.07, 6.45) is 10.9. The predicted molar refractivity (Wildman–Crippen MR) is 119 cm³/mol. The van der Waals surface area contributed by atoms with Gasteiger partial charge in [0.05, 0.1) is 0 Å². The maximum Gasteiger partial charge on any atom is 0.350 e. The fraction of sp³-hybridized carbons (Fsp3) is 0.389. The van der Waals surface area contributed by atoms with E-state index in [1.807, 2.05) is 30.4 Å². The van der Waals surface area contributed by atoms with Crippen LogP contribution in [0.25, 0.3) is 5.65 Å². The zero-order chi connectivity index (χ0) is 21.1. The van der Waals surface area contributed by atoms with Gasteiger partial charge in [0, 0.05) is 36.0 Å². The van der Waals surface area contributed by atoms with E-state index in [2.05, 4.69) is 31.9 Å². The first-order valence-corrected chi connectivity index (χ1v) is 11.2. The van der Waals surface area contributed by atoms with Crippen molar-refractivity contribution in [2.45, 2.75) is 25.6 Å². The van der Waals surface area contributed by atoms with Crippen molar-refractivity contribution in [3.05, 3.63) is 59.3 Å². The predicted octanol–water partition coefficient (Wildman–Crippen LogP) is 3.06. The van der Waals surface area contributed by atoms with Crippen LogP contribution in [-0.2, 0) is 6.54 Å². The molecule has 2 aromatic rings. The number of pyridine rings is 1. The molecule has 0 aliphatic carbocycles. The van der Waals surface area contributed by atoms with Crippen LogP contribution in [0.4, 0.5) is 4.79 Å². The third kappa shape index (κ3) is 6.88. The number of hydrogen-bond acceptors (Lipinski definition) is 4. The van der Waals surface area contributed by atoms with Crippen LogP contribution < -0.4 is 16.5 Å². The second kappa shape index (κ2) is 12.7. The largest absolute Gasteiger partial charge is 0.350 e. The molecular formula is C18H23BrCl2N6O2. The van der Waals surface area contributed by atoms with E-state index >= 15 is 0 Å². The molecule has 8 nitrogen and oxygen atoms in total. The van der Waals surface area contributed by atoms with Gasteiger partial charge >= 0.3 is 11.7 Å². The maximum atomic E-state index is 11.7. The van der Waals surface area contributed by atoms with Gasteiger partial charge in [-0.25, -0.2) is 19.7 Å². The highest BCUT2D eigenvalue weighted by molar-refractivity contribution is 9.09. The third-order valence-corrected chi connectivity index (χ3v) is 4.87. The Bertz CT molecular complexity index is 896. The van der Waals surface area contributed by atoms with E-state index in [0.29, 0.717) is 18.1 Å². The van der Waals surface area contributed by atoms with Crippen molar-refractivity contribution in [3.63, 3.8) is 0 Å². The number of allylic oxidation sites excluding steroid dienone is 2. The van der Waals surface area contributed by atoms with Gasteiger partial charge in [-0.15, -0.1) is 28.3 Å². The Balaban J connectivity index is 0.000000175. The van der Waals surface area contributed by atoms with Gasteiger partial charge in [0.2, 0.25) is 0 Å². The number of carbonyl (C=O) groups is 1. The quantitative estimate of drug-likeness (QED) is 0.611. The molecule has 2 aliphatic rings. The van der Waals surface area contributed by atoms with E-state index in [0.717, 1.165) is 24.1 Å². The number of nitrogens with one attached hydrogen (secondary N) is 2. The lowest BCUT2D eigenvalue weighted by Gasteiger charge is -2.16. The molecule has 2 amide bonds. The van der Waals surface area contributed by atoms with Crippen LogP contribution in [0, 0.1) is 0 Å². The number of hydrogen-bond donors (Lipinski definition) is 2. The van der Waals surface area contributed by atoms with Gasteiger partial charge in [-0.05, 0) is 37.1 Å². The number of halogens is 3. The van der Waals surface area contributed by atoms with Crippen LogP contribution in [-0.4, -0.2) is 48.4 Å². The molecule has 0 radical (unpaired) electrons. The first-order valence-electron chi connectivity index (χ1n) is 9.03. The van der Waals surface area contributed by atoms with Gasteiger partial charge in [-0.1, -0.05) is 28.1 Å². The fourth-order valence-corrected chi connectivity index (χ4v) is 3.24. The lowest BCUT2D eigenvalue weighted by Crippen LogP contribution is -2.32. The molecule has 0 saturated carbocycles. The molecule has 1 fully saturated rings. The Hall–Kier alpha value is -1.81. The number of amides is 2. The fourth-order valence-electron chi connectivity index (χ4n) is 2.38. The molecule has 2 N–H and O–H groups in total. The van der Waals surface area contributed by atoms with Crippen molar-refractivity contribution in [2.75, 3.05) is 17.1 Å². The lowest BCUT2D eigenvalue weighted by atomic mass is 10.3. The molecule has 2 aliphatic heterocycles. The molecule has 1 atom stereocenters. The van der Waals surface area contributed by atoms with E-state index in [4.69, 9.17) is 23.2 Å². The molecule has 158 valence electrons. The molecule has 1 saturated heterocycles. The average molecular weight is 506 g/mol. The Morgan fingerprint density at radius 1 is 1.14 bits per heavy atom. The Morgan fingerprint density at radius 2 is 1.93 bits per heavy atom. The summed E-state index contributed by atoms with van der Waals surface area (Å²) in [4.78, 5) is 24.1. The number of aromatic nitrogens is 3. The second-order valence-electron chi connectivity index (χ2n) is 5.86. The van der Waals surface area contributed by atoms with E-state index in [1.165, 1.54) is 9.08 Å². The van der Waals surface area contributed by atoms with Crippen LogP contribution >= 0.6 is 39.1 Å². The Labute approximate surface area is 187 Å². The second-order valence-corrected chi connectivity index (χ2v) is 7.41. The molecule has 4 heterocycles. The summed E-state index contributed by atoms with van der Waals surface area (Å²) < 4.78 is 2.96. The number of aryl methyl sites for hydroxylation is 1. The minimum Gasteiger partial charge on any atom is -0.279 e. The zero-order valence-electron chi connectivity index (χ0n) is 15.7. The standard InChI is InChI=1S/C9H10ClN3O.C6H7N3O.C3H6BrCl/c10-5-3-7-13-9(14)12-6-2-1-4-8(12)11-13;10-6-8-7-5-3-1-2-4-9(5)6;4-2-1-3-5/h1-2,4,6H,3,5,7H2;1-5,7H,(H,8,10);1-3H2. The van der Waals surface area contributed by atoms with E-state index in [9.17, 15) is 9.59 Å². The maximum absolute atomic E-state index is 11.7. The molecular weight excluding hydrogens is 483 g/mol. The number of alkyl halides is 3. The molecule has 29 heavy (non-hydrogen) atoms. The number of fused-ring (bicyclic) bond motifs is 2. The summed E-state index contributed by atoms with van der Waals surface area (Å²) in [6.45, 7) is 0.573. The number of carbonyl (C=O) groups excluding carboxylic acids is 1. The Morgan fingerprint density at radius 3 is 2.55 bits per heavy atom. The smallest absolute Gasteiger partial charge is 0.279 e. The van der Waals surface area contributed by atoms with Gasteiger partial charge in [-0.3, -0.25) is 14.7 Å². The highest BCUT2D eigenvalue weighted by atomic mass is 79.9. The van der Waals surface area contributed by atoms with Crippen LogP contribution in [0.15, 0.2) is 53.6 Å². The summed E-state index contributed by atoms with van der Waals surface area (Å²) in [5, 5.41) is 5.18. The van der Waals surface area contributed by atoms with Crippen LogP contribution in [0.5, 0.6) is 0 Å². The van der Waals surface area contributed by atoms with Crippen molar-refractivity contribution in [1.82, 2.24) is 29.9 Å². The van der Waals surface area contributed by atoms with Gasteiger partial charge in [0.15, 0.2) is 5.65 Å². The first kappa shape index (κ1) is 23.5. The highest BCUT2D eigenvalue weighted by Gasteiger charge is 2.26. The van der Waals surface area contributed by atoms with E-state index in [-0.39, 0.29) is 17.9 Å². The highest BCUT2D eigenvalue weighted by Crippen LogP contribution is 2.08. The Kier molecular flexibility index (Phi) is 10.3. The number of hydrazine groups is 1. The van der Waals surface area contributed by atoms with Crippen molar-refractivity contribution in [1.29, 1.82) is 0 Å². The number of urea groups is 1. The van der Waals surface area contributed by atoms with Gasteiger partial charge in [-0.2, -0.15) is 0 Å².